The second kappa shape index (κ2) is 13.0. The number of carbonyl (C=O) groups excluding carboxylic acids is 2. The zero-order valence-corrected chi connectivity index (χ0v) is 23.8. The number of nitrogens with zero attached hydrogens (tertiary/aromatic N) is 1. The van der Waals surface area contributed by atoms with Crippen LogP contribution in [0, 0.1) is 0 Å². The van der Waals surface area contributed by atoms with E-state index in [-0.39, 0.29) is 44.2 Å². The summed E-state index contributed by atoms with van der Waals surface area (Å²) in [5.41, 5.74) is 3.03. The Hall–Kier alpha value is -3.89. The topological polar surface area (TPSA) is 129 Å². The van der Waals surface area contributed by atoms with Crippen molar-refractivity contribution in [2.24, 2.45) is 0 Å². The number of methoxy groups -OCH3 is 1. The number of ether oxygens (including phenoxy) is 2. The minimum atomic E-state index is -1.22. The van der Waals surface area contributed by atoms with Crippen molar-refractivity contribution in [3.63, 3.8) is 0 Å². The van der Waals surface area contributed by atoms with E-state index in [1.165, 1.54) is 7.11 Å². The van der Waals surface area contributed by atoms with Crippen molar-refractivity contribution in [3.05, 3.63) is 106 Å². The third-order valence-electron chi connectivity index (χ3n) is 7.64. The smallest absolute Gasteiger partial charge is 0.247 e. The number of hydrogen-bond acceptors (Lipinski definition) is 7. The van der Waals surface area contributed by atoms with Crippen LogP contribution in [0.3, 0.4) is 0 Å². The van der Waals surface area contributed by atoms with Crippen molar-refractivity contribution >= 4 is 23.4 Å². The van der Waals surface area contributed by atoms with E-state index in [1.54, 1.807) is 35.2 Å². The molecule has 0 spiro atoms. The average Bonchev–Trinajstić information content (AvgIpc) is 3.40. The lowest BCUT2D eigenvalue weighted by Gasteiger charge is -2.41. The summed E-state index contributed by atoms with van der Waals surface area (Å²) in [6, 6.07) is 18.8. The fraction of sp³-hybridized carbons (Fsp3) is 0.312. The summed E-state index contributed by atoms with van der Waals surface area (Å²) in [6.45, 7) is -0.345. The fourth-order valence-corrected chi connectivity index (χ4v) is 5.76. The molecule has 1 aliphatic carbocycles. The molecular formula is C32H33ClN2O7. The number of aliphatic hydroxyl groups excluding tert-OH is 3. The molecule has 4 atom stereocenters. The Morgan fingerprint density at radius 2 is 1.76 bits per heavy atom. The molecule has 1 aliphatic heterocycles. The van der Waals surface area contributed by atoms with Gasteiger partial charge in [0.2, 0.25) is 11.8 Å². The highest BCUT2D eigenvalue weighted by atomic mass is 35.5. The van der Waals surface area contributed by atoms with Crippen molar-refractivity contribution < 1.29 is 34.4 Å². The molecule has 220 valence electrons. The zero-order chi connectivity index (χ0) is 29.8. The van der Waals surface area contributed by atoms with Crippen LogP contribution in [-0.2, 0) is 29.2 Å². The molecule has 0 fully saturated rings. The van der Waals surface area contributed by atoms with E-state index < -0.39 is 30.1 Å². The van der Waals surface area contributed by atoms with E-state index >= 15 is 0 Å². The molecule has 2 amide bonds. The van der Waals surface area contributed by atoms with Gasteiger partial charge in [0.15, 0.2) is 11.5 Å². The first-order chi connectivity index (χ1) is 20.3. The number of carbonyl (C=O) groups is 2. The molecule has 42 heavy (non-hydrogen) atoms. The number of benzene rings is 3. The van der Waals surface area contributed by atoms with Crippen LogP contribution in [-0.4, -0.2) is 70.5 Å². The van der Waals surface area contributed by atoms with Gasteiger partial charge in [0.05, 0.1) is 38.7 Å². The maximum Gasteiger partial charge on any atom is 0.247 e. The first-order valence-electron chi connectivity index (χ1n) is 13.7. The lowest BCUT2D eigenvalue weighted by molar-refractivity contribution is -0.137. The zero-order valence-electron chi connectivity index (χ0n) is 23.1. The van der Waals surface area contributed by atoms with Crippen LogP contribution in [0.15, 0.2) is 78.4 Å². The van der Waals surface area contributed by atoms with Crippen LogP contribution >= 0.6 is 11.6 Å². The summed E-state index contributed by atoms with van der Waals surface area (Å²) in [7, 11) is 1.47. The van der Waals surface area contributed by atoms with Gasteiger partial charge in [-0.25, -0.2) is 0 Å². The molecular weight excluding hydrogens is 560 g/mol. The summed E-state index contributed by atoms with van der Waals surface area (Å²) < 4.78 is 11.8. The molecule has 0 aromatic heterocycles. The first kappa shape index (κ1) is 29.6. The second-order valence-electron chi connectivity index (χ2n) is 10.3. The van der Waals surface area contributed by atoms with E-state index in [1.807, 2.05) is 42.5 Å². The summed E-state index contributed by atoms with van der Waals surface area (Å²) in [4.78, 5) is 29.0. The van der Waals surface area contributed by atoms with Crippen molar-refractivity contribution in [2.45, 2.75) is 43.7 Å². The van der Waals surface area contributed by atoms with Crippen molar-refractivity contribution in [1.82, 2.24) is 10.2 Å². The molecule has 1 heterocycles. The van der Waals surface area contributed by atoms with Gasteiger partial charge < -0.3 is 35.0 Å². The molecule has 2 aliphatic rings. The standard InChI is InChI=1S/C32H33ClN2O7/c1-41-26-14-21(18-37)13-23-28-24(32(40)34-11-12-36)16-25(29(39)31(28)42-30(23)26)35(17-20-7-9-22(33)10-8-20)27(38)15-19-5-3-2-4-6-19/h2-10,13-14,16,25,28-29,31,36-37,39H,11-12,15,17-18H2,1H3,(H,34,40). The number of nitrogens with one attached hydrogen (secondary N) is 1. The minimum Gasteiger partial charge on any atom is -0.493 e. The first-order valence-corrected chi connectivity index (χ1v) is 14.1. The number of fused-ring (bicyclic) bond motifs is 3. The van der Waals surface area contributed by atoms with Crippen molar-refractivity contribution in [3.8, 4) is 11.5 Å². The Morgan fingerprint density at radius 1 is 1.02 bits per heavy atom. The van der Waals surface area contributed by atoms with Crippen LogP contribution in [0.25, 0.3) is 0 Å². The van der Waals surface area contributed by atoms with Crippen LogP contribution < -0.4 is 14.8 Å². The van der Waals surface area contributed by atoms with Crippen LogP contribution in [0.4, 0.5) is 0 Å². The van der Waals surface area contributed by atoms with E-state index in [0.717, 1.165) is 11.1 Å². The van der Waals surface area contributed by atoms with Gasteiger partial charge in [-0.1, -0.05) is 54.1 Å². The molecule has 3 aromatic rings. The molecule has 4 unspecified atom stereocenters. The Morgan fingerprint density at radius 3 is 2.43 bits per heavy atom. The maximum atomic E-state index is 13.9. The number of hydrogen-bond donors (Lipinski definition) is 4. The van der Waals surface area contributed by atoms with Gasteiger partial charge in [-0.3, -0.25) is 9.59 Å². The van der Waals surface area contributed by atoms with Crippen LogP contribution in [0.1, 0.15) is 28.2 Å². The maximum absolute atomic E-state index is 13.9. The summed E-state index contributed by atoms with van der Waals surface area (Å²) in [5.74, 6) is -0.677. The quantitative estimate of drug-likeness (QED) is 0.285. The number of rotatable bonds is 10. The van der Waals surface area contributed by atoms with Gasteiger partial charge in [0.1, 0.15) is 12.2 Å². The van der Waals surface area contributed by atoms with Gasteiger partial charge >= 0.3 is 0 Å². The van der Waals surface area contributed by atoms with Gasteiger partial charge in [0, 0.05) is 29.2 Å². The minimum absolute atomic E-state index is 0.0237. The van der Waals surface area contributed by atoms with E-state index in [2.05, 4.69) is 5.32 Å². The molecule has 0 bridgehead atoms. The molecule has 5 rings (SSSR count). The number of aliphatic hydroxyl groups is 3. The van der Waals surface area contributed by atoms with Crippen molar-refractivity contribution in [2.75, 3.05) is 20.3 Å². The molecule has 9 nitrogen and oxygen atoms in total. The third-order valence-corrected chi connectivity index (χ3v) is 7.89. The Kier molecular flexibility index (Phi) is 9.13. The SMILES string of the molecule is COc1cc(CO)cc2c1OC1C2C(C(=O)NCCO)=CC(N(Cc2ccc(Cl)cc2)C(=O)Cc2ccccc2)C1O. The highest BCUT2D eigenvalue weighted by molar-refractivity contribution is 6.30. The average molecular weight is 593 g/mol. The van der Waals surface area contributed by atoms with E-state index in [0.29, 0.717) is 27.6 Å². The van der Waals surface area contributed by atoms with Crippen LogP contribution in [0.5, 0.6) is 11.5 Å². The molecule has 0 saturated carbocycles. The third kappa shape index (κ3) is 6.00. The fourth-order valence-electron chi connectivity index (χ4n) is 5.64. The normalized spacial score (nSPS) is 20.5. The lowest BCUT2D eigenvalue weighted by Crippen LogP contribution is -2.55. The Balaban J connectivity index is 1.59. The molecule has 0 radical (unpaired) electrons. The summed E-state index contributed by atoms with van der Waals surface area (Å²) >= 11 is 6.10. The largest absolute Gasteiger partial charge is 0.493 e. The van der Waals surface area contributed by atoms with Gasteiger partial charge in [-0.15, -0.1) is 0 Å². The number of halogens is 1. The molecule has 4 N–H and O–H groups in total. The Labute approximate surface area is 248 Å². The lowest BCUT2D eigenvalue weighted by atomic mass is 9.77. The summed E-state index contributed by atoms with van der Waals surface area (Å²) in [5, 5.41) is 34.3. The van der Waals surface area contributed by atoms with E-state index in [9.17, 15) is 24.9 Å². The highest BCUT2D eigenvalue weighted by Gasteiger charge is 2.51. The molecule has 0 saturated heterocycles. The predicted octanol–water partition coefficient (Wildman–Crippen LogP) is 2.74. The van der Waals surface area contributed by atoms with Gasteiger partial charge in [0.25, 0.3) is 0 Å². The Bertz CT molecular complexity index is 1460. The second-order valence-corrected chi connectivity index (χ2v) is 10.8. The number of amides is 2. The van der Waals surface area contributed by atoms with Crippen LogP contribution in [0.2, 0.25) is 5.02 Å². The summed E-state index contributed by atoms with van der Waals surface area (Å²) in [6.07, 6.45) is -0.440. The van der Waals surface area contributed by atoms with E-state index in [4.69, 9.17) is 21.1 Å². The monoisotopic (exact) mass is 592 g/mol. The molecule has 10 heteroatoms. The molecule has 3 aromatic carbocycles. The van der Waals surface area contributed by atoms with Crippen molar-refractivity contribution in [1.29, 1.82) is 0 Å². The predicted molar refractivity (Wildman–Crippen MR) is 156 cm³/mol. The van der Waals surface area contributed by atoms with Gasteiger partial charge in [-0.05, 0) is 47.0 Å². The highest BCUT2D eigenvalue weighted by Crippen LogP contribution is 2.51. The van der Waals surface area contributed by atoms with Gasteiger partial charge in [-0.2, -0.15) is 0 Å².